The van der Waals surface area contributed by atoms with Gasteiger partial charge in [-0.2, -0.15) is 0 Å². The lowest BCUT2D eigenvalue weighted by atomic mass is 9.99. The van der Waals surface area contributed by atoms with Gasteiger partial charge in [-0.05, 0) is 25.7 Å². The Balaban J connectivity index is 1.52. The molecule has 0 radical (unpaired) electrons. The summed E-state index contributed by atoms with van der Waals surface area (Å²) in [7, 11) is 1.87. The third-order valence-corrected chi connectivity index (χ3v) is 6.63. The topological polar surface area (TPSA) is 90.9 Å². The summed E-state index contributed by atoms with van der Waals surface area (Å²) in [5, 5.41) is 3.21. The van der Waals surface area contributed by atoms with E-state index in [2.05, 4.69) is 10.2 Å². The van der Waals surface area contributed by atoms with E-state index in [9.17, 15) is 9.59 Å². The molecule has 1 aromatic heterocycles. The van der Waals surface area contributed by atoms with Gasteiger partial charge in [0.05, 0.1) is 31.5 Å². The number of hydrogen-bond acceptors (Lipinski definition) is 7. The summed E-state index contributed by atoms with van der Waals surface area (Å²) < 4.78 is 5.40. The number of nitrogens with one attached hydrogen (secondary N) is 1. The van der Waals surface area contributed by atoms with Crippen LogP contribution < -0.4 is 5.32 Å². The number of anilines is 1. The van der Waals surface area contributed by atoms with Crippen molar-refractivity contribution >= 4 is 17.6 Å². The number of carbonyl (C=O) groups is 2. The lowest BCUT2D eigenvalue weighted by molar-refractivity contribution is -0.136. The van der Waals surface area contributed by atoms with Crippen molar-refractivity contribution < 1.29 is 14.3 Å². The molecule has 2 amide bonds. The van der Waals surface area contributed by atoms with Crippen molar-refractivity contribution in [1.82, 2.24) is 24.7 Å². The molecule has 0 saturated carbocycles. The Hall–Kier alpha value is -2.26. The maximum atomic E-state index is 13.2. The lowest BCUT2D eigenvalue weighted by Gasteiger charge is -2.36. The molecule has 2 fully saturated rings. The average Bonchev–Trinajstić information content (AvgIpc) is 2.82. The molecule has 1 atom stereocenters. The Morgan fingerprint density at radius 3 is 2.68 bits per heavy atom. The van der Waals surface area contributed by atoms with Crippen LogP contribution in [0.2, 0.25) is 0 Å². The van der Waals surface area contributed by atoms with Crippen LogP contribution in [0.4, 0.5) is 5.82 Å². The molecule has 3 aliphatic heterocycles. The van der Waals surface area contributed by atoms with Crippen LogP contribution in [0.1, 0.15) is 55.7 Å². The zero-order valence-electron chi connectivity index (χ0n) is 18.7. The largest absolute Gasteiger partial charge is 0.379 e. The summed E-state index contributed by atoms with van der Waals surface area (Å²) in [6.07, 6.45) is 4.22. The van der Waals surface area contributed by atoms with E-state index in [4.69, 9.17) is 14.7 Å². The van der Waals surface area contributed by atoms with Gasteiger partial charge in [-0.15, -0.1) is 0 Å². The molecule has 3 aliphatic rings. The summed E-state index contributed by atoms with van der Waals surface area (Å²) in [5.41, 5.74) is 1.99. The predicted octanol–water partition coefficient (Wildman–Crippen LogP) is 1.20. The van der Waals surface area contributed by atoms with Crippen molar-refractivity contribution in [2.45, 2.75) is 51.6 Å². The summed E-state index contributed by atoms with van der Waals surface area (Å²) in [4.78, 5) is 40.9. The smallest absolute Gasteiger partial charge is 0.224 e. The van der Waals surface area contributed by atoms with Gasteiger partial charge in [-0.3, -0.25) is 14.5 Å². The van der Waals surface area contributed by atoms with Gasteiger partial charge >= 0.3 is 0 Å². The van der Waals surface area contributed by atoms with Crippen LogP contribution in [-0.2, 0) is 27.3 Å². The van der Waals surface area contributed by atoms with E-state index in [1.165, 1.54) is 0 Å². The van der Waals surface area contributed by atoms with Gasteiger partial charge < -0.3 is 19.9 Å². The SMILES string of the molecule is CNc1nc([C@H]2CCCCN2C(=O)CCN2CCOCC2)nc2c1CCN(C(C)=O)C2. The molecule has 0 aliphatic carbocycles. The fourth-order valence-corrected chi connectivity index (χ4v) is 4.79. The van der Waals surface area contributed by atoms with Gasteiger partial charge in [0.1, 0.15) is 5.82 Å². The number of likely N-dealkylation sites (tertiary alicyclic amines) is 1. The molecule has 0 bridgehead atoms. The number of rotatable bonds is 5. The van der Waals surface area contributed by atoms with Crippen molar-refractivity contribution in [3.63, 3.8) is 0 Å². The van der Waals surface area contributed by atoms with E-state index >= 15 is 0 Å². The summed E-state index contributed by atoms with van der Waals surface area (Å²) in [5.74, 6) is 1.77. The van der Waals surface area contributed by atoms with E-state index < -0.39 is 0 Å². The Morgan fingerprint density at radius 2 is 1.94 bits per heavy atom. The molecular formula is C22H34N6O3. The Labute approximate surface area is 184 Å². The van der Waals surface area contributed by atoms with Crippen molar-refractivity contribution in [1.29, 1.82) is 0 Å². The molecule has 4 heterocycles. The molecule has 4 rings (SSSR count). The normalized spacial score (nSPS) is 22.2. The molecule has 0 unspecified atom stereocenters. The molecule has 1 aromatic rings. The van der Waals surface area contributed by atoms with Gasteiger partial charge in [-0.25, -0.2) is 9.97 Å². The number of morpholine rings is 1. The van der Waals surface area contributed by atoms with Crippen LogP contribution in [0.25, 0.3) is 0 Å². The number of carbonyl (C=O) groups excluding carboxylic acids is 2. The van der Waals surface area contributed by atoms with Crippen LogP contribution in [0.15, 0.2) is 0 Å². The number of ether oxygens (including phenoxy) is 1. The van der Waals surface area contributed by atoms with Crippen molar-refractivity contribution in [2.75, 3.05) is 58.3 Å². The highest BCUT2D eigenvalue weighted by Crippen LogP contribution is 2.32. The van der Waals surface area contributed by atoms with Crippen LogP contribution in [0, 0.1) is 0 Å². The molecule has 0 spiro atoms. The minimum Gasteiger partial charge on any atom is -0.379 e. The highest BCUT2D eigenvalue weighted by atomic mass is 16.5. The minimum atomic E-state index is -0.101. The highest BCUT2D eigenvalue weighted by Gasteiger charge is 2.32. The van der Waals surface area contributed by atoms with Crippen LogP contribution in [0.3, 0.4) is 0 Å². The number of hydrogen-bond donors (Lipinski definition) is 1. The minimum absolute atomic E-state index is 0.0643. The van der Waals surface area contributed by atoms with Crippen molar-refractivity contribution in [2.24, 2.45) is 0 Å². The molecule has 9 heteroatoms. The lowest BCUT2D eigenvalue weighted by Crippen LogP contribution is -2.43. The van der Waals surface area contributed by atoms with Gasteiger partial charge in [0, 0.05) is 58.7 Å². The first kappa shape index (κ1) is 22.0. The zero-order chi connectivity index (χ0) is 21.8. The first-order chi connectivity index (χ1) is 15.1. The Kier molecular flexibility index (Phi) is 7.02. The van der Waals surface area contributed by atoms with E-state index in [0.717, 1.165) is 82.2 Å². The molecule has 2 saturated heterocycles. The highest BCUT2D eigenvalue weighted by molar-refractivity contribution is 5.77. The van der Waals surface area contributed by atoms with E-state index in [-0.39, 0.29) is 17.9 Å². The number of piperidine rings is 1. The molecule has 170 valence electrons. The second-order valence-corrected chi connectivity index (χ2v) is 8.60. The van der Waals surface area contributed by atoms with E-state index in [1.807, 2.05) is 16.8 Å². The fraction of sp³-hybridized carbons (Fsp3) is 0.727. The van der Waals surface area contributed by atoms with E-state index in [1.54, 1.807) is 6.92 Å². The monoisotopic (exact) mass is 430 g/mol. The second-order valence-electron chi connectivity index (χ2n) is 8.60. The van der Waals surface area contributed by atoms with Crippen LogP contribution >= 0.6 is 0 Å². The van der Waals surface area contributed by atoms with Gasteiger partial charge in [-0.1, -0.05) is 0 Å². The van der Waals surface area contributed by atoms with Gasteiger partial charge in [0.2, 0.25) is 11.8 Å². The Morgan fingerprint density at radius 1 is 1.13 bits per heavy atom. The zero-order valence-corrected chi connectivity index (χ0v) is 18.7. The molecular weight excluding hydrogens is 396 g/mol. The second kappa shape index (κ2) is 9.91. The molecule has 9 nitrogen and oxygen atoms in total. The van der Waals surface area contributed by atoms with Gasteiger partial charge in [0.25, 0.3) is 0 Å². The summed E-state index contributed by atoms with van der Waals surface area (Å²) in [6, 6.07) is -0.101. The third kappa shape index (κ3) is 4.98. The van der Waals surface area contributed by atoms with Crippen LogP contribution in [-0.4, -0.2) is 89.5 Å². The predicted molar refractivity (Wildman–Crippen MR) is 117 cm³/mol. The third-order valence-electron chi connectivity index (χ3n) is 6.63. The average molecular weight is 431 g/mol. The first-order valence-corrected chi connectivity index (χ1v) is 11.5. The standard InChI is InChI=1S/C22H34N6O3/c1-16(29)27-10-6-17-18(15-27)24-22(25-21(17)23-2)19-5-3-4-8-28(19)20(30)7-9-26-11-13-31-14-12-26/h19H,3-15H2,1-2H3,(H,23,24,25)/t19-/m1/s1. The van der Waals surface area contributed by atoms with Crippen molar-refractivity contribution in [3.8, 4) is 0 Å². The van der Waals surface area contributed by atoms with Gasteiger partial charge in [0.15, 0.2) is 5.82 Å². The quantitative estimate of drug-likeness (QED) is 0.751. The maximum absolute atomic E-state index is 13.2. The molecule has 0 aromatic carbocycles. The van der Waals surface area contributed by atoms with Crippen molar-refractivity contribution in [3.05, 3.63) is 17.1 Å². The number of nitrogens with zero attached hydrogens (tertiary/aromatic N) is 5. The number of aromatic nitrogens is 2. The summed E-state index contributed by atoms with van der Waals surface area (Å²) >= 11 is 0. The maximum Gasteiger partial charge on any atom is 0.224 e. The van der Waals surface area contributed by atoms with E-state index in [0.29, 0.717) is 25.3 Å². The first-order valence-electron chi connectivity index (χ1n) is 11.5. The summed E-state index contributed by atoms with van der Waals surface area (Å²) in [6.45, 7) is 7.59. The number of amides is 2. The molecule has 31 heavy (non-hydrogen) atoms. The Bertz CT molecular complexity index is 811. The fourth-order valence-electron chi connectivity index (χ4n) is 4.79. The molecule has 1 N–H and O–H groups in total. The van der Waals surface area contributed by atoms with Crippen LogP contribution in [0.5, 0.6) is 0 Å². The number of fused-ring (bicyclic) bond motifs is 1.